The van der Waals surface area contributed by atoms with E-state index in [4.69, 9.17) is 0 Å². The van der Waals surface area contributed by atoms with Crippen LogP contribution >= 0.6 is 0 Å². The monoisotopic (exact) mass is 254 g/mol. The van der Waals surface area contributed by atoms with Crippen LogP contribution in [0.4, 0.5) is 0 Å². The summed E-state index contributed by atoms with van der Waals surface area (Å²) in [6.07, 6.45) is 5.96. The van der Waals surface area contributed by atoms with E-state index >= 15 is 0 Å². The van der Waals surface area contributed by atoms with E-state index < -0.39 is 0 Å². The molecule has 2 fully saturated rings. The van der Waals surface area contributed by atoms with Crippen LogP contribution in [0.2, 0.25) is 0 Å². The van der Waals surface area contributed by atoms with Gasteiger partial charge in [0.2, 0.25) is 0 Å². The maximum atomic E-state index is 10.6. The minimum atomic E-state index is -0.177. The van der Waals surface area contributed by atoms with Gasteiger partial charge in [-0.25, -0.2) is 0 Å². The van der Waals surface area contributed by atoms with Gasteiger partial charge in [-0.2, -0.15) is 0 Å². The van der Waals surface area contributed by atoms with E-state index in [-0.39, 0.29) is 11.5 Å². The zero-order chi connectivity index (χ0) is 13.3. The molecule has 3 nitrogen and oxygen atoms in total. The van der Waals surface area contributed by atoms with Crippen LogP contribution in [0.5, 0.6) is 0 Å². The van der Waals surface area contributed by atoms with Crippen LogP contribution in [0.25, 0.3) is 0 Å². The van der Waals surface area contributed by atoms with Gasteiger partial charge in [0.25, 0.3) is 0 Å². The molecule has 2 aliphatic rings. The highest BCUT2D eigenvalue weighted by Crippen LogP contribution is 2.38. The summed E-state index contributed by atoms with van der Waals surface area (Å²) >= 11 is 0. The van der Waals surface area contributed by atoms with Crippen molar-refractivity contribution in [2.24, 2.45) is 5.41 Å². The molecule has 0 amide bonds. The van der Waals surface area contributed by atoms with Crippen molar-refractivity contribution >= 4 is 0 Å². The zero-order valence-electron chi connectivity index (χ0n) is 12.5. The molecular formula is C15H30N2O. The molecule has 0 aromatic carbocycles. The second-order valence-corrected chi connectivity index (χ2v) is 7.12. The molecule has 1 aliphatic heterocycles. The van der Waals surface area contributed by atoms with Gasteiger partial charge in [-0.3, -0.25) is 4.90 Å². The molecule has 0 spiro atoms. The fourth-order valence-corrected chi connectivity index (χ4v) is 3.76. The fourth-order valence-electron chi connectivity index (χ4n) is 3.76. The highest BCUT2D eigenvalue weighted by Gasteiger charge is 2.41. The lowest BCUT2D eigenvalue weighted by atomic mass is 9.72. The molecule has 3 atom stereocenters. The summed E-state index contributed by atoms with van der Waals surface area (Å²) in [5, 5.41) is 10.6. The molecule has 0 aromatic heterocycles. The van der Waals surface area contributed by atoms with Gasteiger partial charge in [0.05, 0.1) is 6.10 Å². The summed E-state index contributed by atoms with van der Waals surface area (Å²) in [5.41, 5.74) is 0.0811. The van der Waals surface area contributed by atoms with Crippen molar-refractivity contribution in [3.8, 4) is 0 Å². The highest BCUT2D eigenvalue weighted by atomic mass is 16.3. The Morgan fingerprint density at radius 3 is 2.61 bits per heavy atom. The lowest BCUT2D eigenvalue weighted by molar-refractivity contribution is -0.0672. The number of aliphatic hydroxyl groups excluding tert-OH is 1. The summed E-state index contributed by atoms with van der Waals surface area (Å²) < 4.78 is 0. The van der Waals surface area contributed by atoms with Crippen LogP contribution in [-0.4, -0.2) is 60.3 Å². The van der Waals surface area contributed by atoms with Crippen LogP contribution in [0.1, 0.15) is 46.0 Å². The second-order valence-electron chi connectivity index (χ2n) is 7.12. The third-order valence-electron chi connectivity index (χ3n) is 5.18. The number of likely N-dealkylation sites (N-methyl/N-ethyl adjacent to an activating group) is 2. The molecule has 18 heavy (non-hydrogen) atoms. The molecule has 106 valence electrons. The minimum Gasteiger partial charge on any atom is -0.391 e. The Labute approximate surface area is 112 Å². The van der Waals surface area contributed by atoms with Crippen molar-refractivity contribution in [1.82, 2.24) is 9.80 Å². The predicted octanol–water partition coefficient (Wildman–Crippen LogP) is 1.95. The first-order chi connectivity index (χ1) is 8.42. The molecule has 1 aliphatic carbocycles. The Kier molecular flexibility index (Phi) is 4.35. The minimum absolute atomic E-state index is 0.0811. The lowest BCUT2D eigenvalue weighted by Gasteiger charge is -2.48. The van der Waals surface area contributed by atoms with Gasteiger partial charge >= 0.3 is 0 Å². The number of rotatable bonds is 2. The number of hydrogen-bond donors (Lipinski definition) is 1. The Bertz CT molecular complexity index is 280. The van der Waals surface area contributed by atoms with Gasteiger partial charge in [-0.15, -0.1) is 0 Å². The Morgan fingerprint density at radius 2 is 1.94 bits per heavy atom. The second kappa shape index (κ2) is 5.48. The molecule has 1 saturated heterocycles. The summed E-state index contributed by atoms with van der Waals surface area (Å²) in [6, 6.07) is 0.975. The van der Waals surface area contributed by atoms with Crippen LogP contribution in [0.15, 0.2) is 0 Å². The molecule has 0 aromatic rings. The molecular weight excluding hydrogens is 224 g/mol. The number of nitrogens with zero attached hydrogens (tertiary/aromatic N) is 2. The molecule has 0 radical (unpaired) electrons. The quantitative estimate of drug-likeness (QED) is 0.816. The van der Waals surface area contributed by atoms with E-state index in [2.05, 4.69) is 37.7 Å². The van der Waals surface area contributed by atoms with Gasteiger partial charge in [0.15, 0.2) is 0 Å². The number of hydrogen-bond acceptors (Lipinski definition) is 3. The van der Waals surface area contributed by atoms with Crippen LogP contribution in [0, 0.1) is 5.41 Å². The van der Waals surface area contributed by atoms with Crippen LogP contribution in [0.3, 0.4) is 0 Å². The van der Waals surface area contributed by atoms with Crippen LogP contribution < -0.4 is 0 Å². The van der Waals surface area contributed by atoms with Crippen molar-refractivity contribution in [2.45, 2.75) is 64.1 Å². The van der Waals surface area contributed by atoms with Gasteiger partial charge in [-0.1, -0.05) is 20.3 Å². The summed E-state index contributed by atoms with van der Waals surface area (Å²) in [7, 11) is 4.43. The number of aliphatic hydroxyl groups is 1. The van der Waals surface area contributed by atoms with Crippen molar-refractivity contribution in [1.29, 1.82) is 0 Å². The fraction of sp³-hybridized carbons (Fsp3) is 1.00. The molecule has 3 unspecified atom stereocenters. The van der Waals surface area contributed by atoms with Crippen molar-refractivity contribution in [3.05, 3.63) is 0 Å². The number of likely N-dealkylation sites (tertiary alicyclic amines) is 1. The first-order valence-electron chi connectivity index (χ1n) is 7.50. The highest BCUT2D eigenvalue weighted by molar-refractivity contribution is 4.95. The van der Waals surface area contributed by atoms with Gasteiger partial charge in [0.1, 0.15) is 0 Å². The van der Waals surface area contributed by atoms with Crippen molar-refractivity contribution < 1.29 is 5.11 Å². The lowest BCUT2D eigenvalue weighted by Crippen LogP contribution is -2.56. The van der Waals surface area contributed by atoms with E-state index in [9.17, 15) is 5.11 Å². The average Bonchev–Trinajstić information content (AvgIpc) is 2.32. The maximum Gasteiger partial charge on any atom is 0.0746 e. The SMILES string of the molecule is CN1CCCC(N(C)C2CCCC(C)(C)C2O)C1. The van der Waals surface area contributed by atoms with Crippen molar-refractivity contribution in [3.63, 3.8) is 0 Å². The summed E-state index contributed by atoms with van der Waals surface area (Å²) in [5.74, 6) is 0. The average molecular weight is 254 g/mol. The molecule has 1 N–H and O–H groups in total. The molecule has 2 rings (SSSR count). The van der Waals surface area contributed by atoms with Gasteiger partial charge in [0, 0.05) is 18.6 Å². The zero-order valence-corrected chi connectivity index (χ0v) is 12.5. The largest absolute Gasteiger partial charge is 0.391 e. The topological polar surface area (TPSA) is 26.7 Å². The molecule has 1 heterocycles. The Hall–Kier alpha value is -0.120. The maximum absolute atomic E-state index is 10.6. The van der Waals surface area contributed by atoms with E-state index in [0.717, 1.165) is 19.4 Å². The van der Waals surface area contributed by atoms with E-state index in [0.29, 0.717) is 12.1 Å². The smallest absolute Gasteiger partial charge is 0.0746 e. The van der Waals surface area contributed by atoms with E-state index in [1.807, 2.05) is 0 Å². The standard InChI is InChI=1S/C15H30N2O/c1-15(2)9-5-8-13(14(15)18)17(4)12-7-6-10-16(3)11-12/h12-14,18H,5-11H2,1-4H3. The third kappa shape index (κ3) is 2.89. The van der Waals surface area contributed by atoms with Crippen LogP contribution in [-0.2, 0) is 0 Å². The molecule has 0 bridgehead atoms. The first kappa shape index (κ1) is 14.3. The molecule has 1 saturated carbocycles. The normalized spacial score (nSPS) is 38.0. The Morgan fingerprint density at radius 1 is 1.22 bits per heavy atom. The predicted molar refractivity (Wildman–Crippen MR) is 75.7 cm³/mol. The van der Waals surface area contributed by atoms with E-state index in [1.54, 1.807) is 0 Å². The summed E-state index contributed by atoms with van der Waals surface area (Å²) in [6.45, 7) is 6.80. The first-order valence-corrected chi connectivity index (χ1v) is 7.50. The van der Waals surface area contributed by atoms with Crippen molar-refractivity contribution in [2.75, 3.05) is 27.2 Å². The van der Waals surface area contributed by atoms with Gasteiger partial charge in [-0.05, 0) is 51.7 Å². The third-order valence-corrected chi connectivity index (χ3v) is 5.18. The summed E-state index contributed by atoms with van der Waals surface area (Å²) in [4.78, 5) is 4.90. The van der Waals surface area contributed by atoms with E-state index in [1.165, 1.54) is 25.8 Å². The Balaban J connectivity index is 2.01. The number of piperidine rings is 1. The van der Waals surface area contributed by atoms with Gasteiger partial charge < -0.3 is 10.0 Å². The molecule has 3 heteroatoms.